The molecule has 31 heavy (non-hydrogen) atoms. The quantitative estimate of drug-likeness (QED) is 0.738. The predicted octanol–water partition coefficient (Wildman–Crippen LogP) is 3.76. The summed E-state index contributed by atoms with van der Waals surface area (Å²) in [6.45, 7) is 5.49. The summed E-state index contributed by atoms with van der Waals surface area (Å²) in [5.41, 5.74) is -0.318. The number of aryl methyl sites for hydroxylation is 1. The summed E-state index contributed by atoms with van der Waals surface area (Å²) < 4.78 is 39.9. The number of amides is 1. The topological polar surface area (TPSA) is 52.6 Å². The summed E-state index contributed by atoms with van der Waals surface area (Å²) in [5, 5.41) is 0. The lowest BCUT2D eigenvalue weighted by atomic mass is 10.1. The zero-order chi connectivity index (χ0) is 22.0. The fourth-order valence-corrected chi connectivity index (χ4v) is 4.16. The van der Waals surface area contributed by atoms with E-state index in [2.05, 4.69) is 9.88 Å². The molecule has 0 aliphatic carbocycles. The number of rotatable bonds is 3. The minimum Gasteiger partial charge on any atom is -0.356 e. The third-order valence-corrected chi connectivity index (χ3v) is 5.82. The fourth-order valence-electron chi connectivity index (χ4n) is 4.16. The molecule has 9 heteroatoms. The number of nitrogens with zero attached hydrogens (tertiary/aromatic N) is 5. The second-order valence-corrected chi connectivity index (χ2v) is 8.04. The maximum atomic E-state index is 13.3. The van der Waals surface area contributed by atoms with Crippen LogP contribution in [-0.4, -0.2) is 60.0 Å². The predicted molar refractivity (Wildman–Crippen MR) is 112 cm³/mol. The van der Waals surface area contributed by atoms with Crippen LogP contribution >= 0.6 is 0 Å². The van der Waals surface area contributed by atoms with Crippen molar-refractivity contribution in [1.82, 2.24) is 14.9 Å². The van der Waals surface area contributed by atoms with E-state index in [9.17, 15) is 18.0 Å². The number of alkyl halides is 3. The molecule has 2 aliphatic heterocycles. The first-order valence-electron chi connectivity index (χ1n) is 10.6. The van der Waals surface area contributed by atoms with E-state index in [0.717, 1.165) is 43.5 Å². The summed E-state index contributed by atoms with van der Waals surface area (Å²) in [7, 11) is 0. The highest BCUT2D eigenvalue weighted by Crippen LogP contribution is 2.32. The van der Waals surface area contributed by atoms with Crippen LogP contribution in [-0.2, 0) is 6.18 Å². The van der Waals surface area contributed by atoms with Gasteiger partial charge in [-0.05, 0) is 38.3 Å². The molecule has 2 saturated heterocycles. The van der Waals surface area contributed by atoms with Crippen molar-refractivity contribution in [3.05, 3.63) is 47.2 Å². The Kier molecular flexibility index (Phi) is 6.02. The number of piperazine rings is 1. The molecule has 2 fully saturated rings. The first-order chi connectivity index (χ1) is 14.8. The highest BCUT2D eigenvalue weighted by molar-refractivity contribution is 5.96. The van der Waals surface area contributed by atoms with Crippen LogP contribution in [0.4, 0.5) is 24.9 Å². The number of benzene rings is 1. The Bertz CT molecular complexity index is 935. The second-order valence-electron chi connectivity index (χ2n) is 8.04. The molecule has 0 bridgehead atoms. The molecule has 2 aliphatic rings. The van der Waals surface area contributed by atoms with Crippen molar-refractivity contribution in [2.24, 2.45) is 0 Å². The van der Waals surface area contributed by atoms with E-state index in [1.807, 2.05) is 17.9 Å². The Hall–Kier alpha value is -2.84. The van der Waals surface area contributed by atoms with Crippen LogP contribution < -0.4 is 9.80 Å². The summed E-state index contributed by atoms with van der Waals surface area (Å²) in [6, 6.07) is 6.94. The molecular formula is C22H26F3N5O. The smallest absolute Gasteiger partial charge is 0.356 e. The molecule has 0 spiro atoms. The normalized spacial score (nSPS) is 17.7. The fraction of sp³-hybridized carbons (Fsp3) is 0.500. The minimum atomic E-state index is -4.56. The molecule has 0 radical (unpaired) electrons. The minimum absolute atomic E-state index is 0.303. The number of piperidine rings is 1. The van der Waals surface area contributed by atoms with E-state index >= 15 is 0 Å². The molecule has 2 aromatic rings. The largest absolute Gasteiger partial charge is 0.417 e. The van der Waals surface area contributed by atoms with Crippen molar-refractivity contribution in [3.8, 4) is 0 Å². The van der Waals surface area contributed by atoms with Gasteiger partial charge in [-0.25, -0.2) is 4.98 Å². The number of carbonyl (C=O) groups excluding carboxylic acids is 1. The molecule has 1 amide bonds. The summed E-state index contributed by atoms with van der Waals surface area (Å²) in [4.78, 5) is 27.8. The number of hydrogen-bond acceptors (Lipinski definition) is 5. The van der Waals surface area contributed by atoms with Crippen LogP contribution in [0.15, 0.2) is 30.3 Å². The zero-order valence-electron chi connectivity index (χ0n) is 17.5. The molecule has 6 nitrogen and oxygen atoms in total. The van der Waals surface area contributed by atoms with Gasteiger partial charge in [-0.15, -0.1) is 0 Å². The SMILES string of the molecule is Cc1cc(N2CCCCC2)nc(N2CCN(C(=O)c3ccccc3C(F)(F)F)CC2)n1. The van der Waals surface area contributed by atoms with Gasteiger partial charge in [-0.2, -0.15) is 18.2 Å². The van der Waals surface area contributed by atoms with E-state index in [4.69, 9.17) is 4.98 Å². The van der Waals surface area contributed by atoms with Gasteiger partial charge in [0.2, 0.25) is 5.95 Å². The Morgan fingerprint density at radius 3 is 2.26 bits per heavy atom. The molecule has 1 aromatic heterocycles. The van der Waals surface area contributed by atoms with Crippen LogP contribution in [0.2, 0.25) is 0 Å². The van der Waals surface area contributed by atoms with Gasteiger partial charge < -0.3 is 14.7 Å². The maximum absolute atomic E-state index is 13.3. The highest BCUT2D eigenvalue weighted by Gasteiger charge is 2.36. The lowest BCUT2D eigenvalue weighted by molar-refractivity contribution is -0.138. The monoisotopic (exact) mass is 433 g/mol. The van der Waals surface area contributed by atoms with Gasteiger partial charge >= 0.3 is 6.18 Å². The van der Waals surface area contributed by atoms with E-state index in [1.165, 1.54) is 29.5 Å². The van der Waals surface area contributed by atoms with Crippen molar-refractivity contribution in [1.29, 1.82) is 0 Å². The van der Waals surface area contributed by atoms with Gasteiger partial charge in [0, 0.05) is 51.0 Å². The van der Waals surface area contributed by atoms with Crippen molar-refractivity contribution >= 4 is 17.7 Å². The molecule has 4 rings (SSSR count). The molecule has 1 aromatic carbocycles. The van der Waals surface area contributed by atoms with Crippen LogP contribution in [0.1, 0.15) is 40.9 Å². The van der Waals surface area contributed by atoms with Crippen LogP contribution in [0, 0.1) is 6.92 Å². The zero-order valence-corrected chi connectivity index (χ0v) is 17.5. The van der Waals surface area contributed by atoms with Gasteiger partial charge in [0.05, 0.1) is 11.1 Å². The average Bonchev–Trinajstić information content (AvgIpc) is 2.78. The molecule has 0 unspecified atom stereocenters. The molecule has 0 saturated carbocycles. The van der Waals surface area contributed by atoms with Crippen LogP contribution in [0.25, 0.3) is 0 Å². The van der Waals surface area contributed by atoms with Gasteiger partial charge in [-0.1, -0.05) is 12.1 Å². The average molecular weight is 433 g/mol. The number of carbonyl (C=O) groups is 1. The van der Waals surface area contributed by atoms with Crippen molar-refractivity contribution in [3.63, 3.8) is 0 Å². The Morgan fingerprint density at radius 1 is 0.903 bits per heavy atom. The molecular weight excluding hydrogens is 407 g/mol. The van der Waals surface area contributed by atoms with Crippen molar-refractivity contribution < 1.29 is 18.0 Å². The number of halogens is 3. The lowest BCUT2D eigenvalue weighted by Gasteiger charge is -2.36. The third-order valence-electron chi connectivity index (χ3n) is 5.82. The van der Waals surface area contributed by atoms with Gasteiger partial charge in [0.25, 0.3) is 5.91 Å². The Morgan fingerprint density at radius 2 is 1.58 bits per heavy atom. The summed E-state index contributed by atoms with van der Waals surface area (Å²) in [5.74, 6) is 0.940. The Balaban J connectivity index is 1.46. The van der Waals surface area contributed by atoms with E-state index < -0.39 is 17.6 Å². The van der Waals surface area contributed by atoms with Gasteiger partial charge in [0.15, 0.2) is 0 Å². The molecule has 0 atom stereocenters. The summed E-state index contributed by atoms with van der Waals surface area (Å²) in [6.07, 6.45) is -1.02. The molecule has 0 N–H and O–H groups in total. The Labute approximate surface area is 179 Å². The first-order valence-corrected chi connectivity index (χ1v) is 10.6. The number of aromatic nitrogens is 2. The standard InChI is InChI=1S/C22H26F3N5O/c1-16-15-19(28-9-5-2-6-10-28)27-21(26-16)30-13-11-29(12-14-30)20(31)17-7-3-4-8-18(17)22(23,24)25/h3-4,7-8,15H,2,5-6,9-14H2,1H3. The number of anilines is 2. The number of hydrogen-bond donors (Lipinski definition) is 0. The summed E-state index contributed by atoms with van der Waals surface area (Å²) >= 11 is 0. The lowest BCUT2D eigenvalue weighted by Crippen LogP contribution is -2.49. The van der Waals surface area contributed by atoms with E-state index in [0.29, 0.717) is 32.1 Å². The van der Waals surface area contributed by atoms with Gasteiger partial charge in [-0.3, -0.25) is 4.79 Å². The highest BCUT2D eigenvalue weighted by atomic mass is 19.4. The van der Waals surface area contributed by atoms with Gasteiger partial charge in [0.1, 0.15) is 5.82 Å². The maximum Gasteiger partial charge on any atom is 0.417 e. The van der Waals surface area contributed by atoms with Crippen molar-refractivity contribution in [2.75, 3.05) is 49.1 Å². The molecule has 166 valence electrons. The van der Waals surface area contributed by atoms with Crippen molar-refractivity contribution in [2.45, 2.75) is 32.4 Å². The van der Waals surface area contributed by atoms with Crippen LogP contribution in [0.5, 0.6) is 0 Å². The third kappa shape index (κ3) is 4.75. The van der Waals surface area contributed by atoms with E-state index in [-0.39, 0.29) is 5.56 Å². The second kappa shape index (κ2) is 8.72. The first kappa shape index (κ1) is 21.4. The molecule has 3 heterocycles. The van der Waals surface area contributed by atoms with E-state index in [1.54, 1.807) is 0 Å². The van der Waals surface area contributed by atoms with Crippen LogP contribution in [0.3, 0.4) is 0 Å².